The Bertz CT molecular complexity index is 825. The van der Waals surface area contributed by atoms with Gasteiger partial charge in [-0.25, -0.2) is 0 Å². The summed E-state index contributed by atoms with van der Waals surface area (Å²) in [7, 11) is 0. The van der Waals surface area contributed by atoms with E-state index < -0.39 is 0 Å². The second kappa shape index (κ2) is 7.61. The first kappa shape index (κ1) is 16.7. The maximum absolute atomic E-state index is 12.3. The minimum Gasteiger partial charge on any atom is -0.287 e. The Morgan fingerprint density at radius 2 is 1.25 bits per heavy atom. The van der Waals surface area contributed by atoms with Crippen LogP contribution in [0, 0.1) is 0 Å². The van der Waals surface area contributed by atoms with E-state index in [0.29, 0.717) is 17.1 Å². The van der Waals surface area contributed by atoms with Crippen molar-refractivity contribution in [1.29, 1.82) is 0 Å². The Balaban J connectivity index is 1.64. The molecule has 0 N–H and O–H groups in total. The molecule has 4 heteroatoms. The summed E-state index contributed by atoms with van der Waals surface area (Å²) >= 11 is 11.7. The Morgan fingerprint density at radius 1 is 0.750 bits per heavy atom. The highest BCUT2D eigenvalue weighted by atomic mass is 35.5. The molecular formula is C20H16Cl2NO+. The second-order valence-corrected chi connectivity index (χ2v) is 6.48. The topological polar surface area (TPSA) is 20.9 Å². The van der Waals surface area contributed by atoms with Crippen molar-refractivity contribution in [2.45, 2.75) is 13.0 Å². The van der Waals surface area contributed by atoms with Crippen molar-refractivity contribution in [3.05, 3.63) is 99.8 Å². The van der Waals surface area contributed by atoms with E-state index in [1.807, 2.05) is 53.4 Å². The largest absolute Gasteiger partial charge is 0.287 e. The summed E-state index contributed by atoms with van der Waals surface area (Å²) in [6.07, 6.45) is 4.70. The maximum atomic E-state index is 12.3. The zero-order chi connectivity index (χ0) is 16.9. The number of hydrogen-bond donors (Lipinski definition) is 0. The van der Waals surface area contributed by atoms with E-state index in [2.05, 4.69) is 0 Å². The molecule has 0 amide bonds. The summed E-state index contributed by atoms with van der Waals surface area (Å²) in [5, 5.41) is 1.37. The molecule has 0 fully saturated rings. The zero-order valence-corrected chi connectivity index (χ0v) is 14.5. The third-order valence-corrected chi connectivity index (χ3v) is 4.28. The van der Waals surface area contributed by atoms with Gasteiger partial charge in [0.1, 0.15) is 0 Å². The van der Waals surface area contributed by atoms with Gasteiger partial charge in [-0.3, -0.25) is 4.79 Å². The van der Waals surface area contributed by atoms with Crippen LogP contribution in [0.15, 0.2) is 73.1 Å². The minimum atomic E-state index is 0.0575. The van der Waals surface area contributed by atoms with Crippen LogP contribution in [0.1, 0.15) is 21.5 Å². The number of benzene rings is 2. The van der Waals surface area contributed by atoms with Gasteiger partial charge in [-0.1, -0.05) is 35.3 Å². The fourth-order valence-corrected chi connectivity index (χ4v) is 2.69. The van der Waals surface area contributed by atoms with Gasteiger partial charge >= 0.3 is 0 Å². The third-order valence-electron chi connectivity index (χ3n) is 3.77. The van der Waals surface area contributed by atoms with Crippen molar-refractivity contribution in [2.75, 3.05) is 0 Å². The molecule has 2 nitrogen and oxygen atoms in total. The van der Waals surface area contributed by atoms with Gasteiger partial charge in [0.05, 0.1) is 0 Å². The maximum Gasteiger partial charge on any atom is 0.227 e. The number of hydrogen-bond acceptors (Lipinski definition) is 1. The molecule has 0 saturated heterocycles. The molecule has 0 aliphatic carbocycles. The van der Waals surface area contributed by atoms with Gasteiger partial charge in [0.15, 0.2) is 12.4 Å². The number of rotatable bonds is 5. The number of Topliss-reactive ketones (excluding diaryl/α,β-unsaturated/α-hetero) is 1. The van der Waals surface area contributed by atoms with Crippen molar-refractivity contribution < 1.29 is 9.36 Å². The molecule has 2 aromatic carbocycles. The first-order chi connectivity index (χ1) is 11.6. The predicted octanol–water partition coefficient (Wildman–Crippen LogP) is 4.75. The molecule has 0 spiro atoms. The number of halogens is 2. The lowest BCUT2D eigenvalue weighted by molar-refractivity contribution is -0.683. The highest BCUT2D eigenvalue weighted by molar-refractivity contribution is 6.30. The number of pyridine rings is 1. The van der Waals surface area contributed by atoms with Crippen molar-refractivity contribution >= 4 is 29.0 Å². The van der Waals surface area contributed by atoms with Crippen LogP contribution in [0.2, 0.25) is 10.0 Å². The van der Waals surface area contributed by atoms with Crippen LogP contribution < -0.4 is 4.57 Å². The highest BCUT2D eigenvalue weighted by Crippen LogP contribution is 2.13. The Morgan fingerprint density at radius 3 is 1.83 bits per heavy atom. The van der Waals surface area contributed by atoms with Crippen LogP contribution in [-0.2, 0) is 13.0 Å². The quantitative estimate of drug-likeness (QED) is 0.477. The van der Waals surface area contributed by atoms with Gasteiger partial charge in [0.25, 0.3) is 0 Å². The summed E-state index contributed by atoms with van der Waals surface area (Å²) in [6, 6.07) is 18.9. The molecule has 0 bridgehead atoms. The fourth-order valence-electron chi connectivity index (χ4n) is 2.44. The lowest BCUT2D eigenvalue weighted by Gasteiger charge is -2.02. The normalized spacial score (nSPS) is 10.6. The molecule has 0 atom stereocenters. The monoisotopic (exact) mass is 356 g/mol. The van der Waals surface area contributed by atoms with Crippen molar-refractivity contribution in [3.63, 3.8) is 0 Å². The summed E-state index contributed by atoms with van der Waals surface area (Å²) in [4.78, 5) is 12.3. The number of ketones is 1. The first-order valence-electron chi connectivity index (χ1n) is 7.61. The average molecular weight is 357 g/mol. The molecule has 24 heavy (non-hydrogen) atoms. The van der Waals surface area contributed by atoms with Crippen LogP contribution in [-0.4, -0.2) is 5.78 Å². The van der Waals surface area contributed by atoms with E-state index in [-0.39, 0.29) is 5.78 Å². The number of carbonyl (C=O) groups is 1. The molecular weight excluding hydrogens is 341 g/mol. The molecule has 0 radical (unpaired) electrons. The SMILES string of the molecule is O=C(C[n+]1ccc(Cc2ccc(Cl)cc2)cc1)c1ccc(Cl)cc1. The summed E-state index contributed by atoms with van der Waals surface area (Å²) in [5.74, 6) is 0.0575. The van der Waals surface area contributed by atoms with Crippen LogP contribution in [0.4, 0.5) is 0 Å². The van der Waals surface area contributed by atoms with Crippen molar-refractivity contribution in [1.82, 2.24) is 0 Å². The third kappa shape index (κ3) is 4.44. The molecule has 0 unspecified atom stereocenters. The van der Waals surface area contributed by atoms with E-state index in [0.717, 1.165) is 11.4 Å². The Labute approximate surface area is 151 Å². The number of aromatic nitrogens is 1. The van der Waals surface area contributed by atoms with E-state index in [1.165, 1.54) is 11.1 Å². The lowest BCUT2D eigenvalue weighted by Crippen LogP contribution is -2.37. The first-order valence-corrected chi connectivity index (χ1v) is 8.37. The molecule has 0 aliphatic heterocycles. The van der Waals surface area contributed by atoms with Crippen LogP contribution >= 0.6 is 23.2 Å². The van der Waals surface area contributed by atoms with Gasteiger partial charge < -0.3 is 0 Å². The molecule has 3 aromatic rings. The fraction of sp³-hybridized carbons (Fsp3) is 0.100. The molecule has 3 rings (SSSR count). The molecule has 0 saturated carbocycles. The lowest BCUT2D eigenvalue weighted by atomic mass is 10.1. The summed E-state index contributed by atoms with van der Waals surface area (Å²) < 4.78 is 1.88. The van der Waals surface area contributed by atoms with Crippen LogP contribution in [0.25, 0.3) is 0 Å². The second-order valence-electron chi connectivity index (χ2n) is 5.61. The van der Waals surface area contributed by atoms with E-state index >= 15 is 0 Å². The van der Waals surface area contributed by atoms with E-state index in [9.17, 15) is 4.79 Å². The summed E-state index contributed by atoms with van der Waals surface area (Å²) in [5.41, 5.74) is 3.05. The molecule has 0 aliphatic rings. The zero-order valence-electron chi connectivity index (χ0n) is 13.0. The predicted molar refractivity (Wildman–Crippen MR) is 96.7 cm³/mol. The Hall–Kier alpha value is -2.16. The number of nitrogens with zero attached hydrogens (tertiary/aromatic N) is 1. The molecule has 120 valence electrons. The van der Waals surface area contributed by atoms with Crippen LogP contribution in [0.3, 0.4) is 0 Å². The van der Waals surface area contributed by atoms with Crippen molar-refractivity contribution in [2.24, 2.45) is 0 Å². The van der Waals surface area contributed by atoms with Crippen molar-refractivity contribution in [3.8, 4) is 0 Å². The minimum absolute atomic E-state index is 0.0575. The average Bonchev–Trinajstić information content (AvgIpc) is 2.59. The molecule has 1 heterocycles. The summed E-state index contributed by atoms with van der Waals surface area (Å²) in [6.45, 7) is 0.308. The van der Waals surface area contributed by atoms with E-state index in [1.54, 1.807) is 24.3 Å². The smallest absolute Gasteiger partial charge is 0.227 e. The van der Waals surface area contributed by atoms with Gasteiger partial charge in [0, 0.05) is 27.7 Å². The van der Waals surface area contributed by atoms with E-state index in [4.69, 9.17) is 23.2 Å². The molecule has 1 aromatic heterocycles. The Kier molecular flexibility index (Phi) is 5.29. The van der Waals surface area contributed by atoms with Gasteiger partial charge in [-0.2, -0.15) is 4.57 Å². The van der Waals surface area contributed by atoms with Gasteiger partial charge in [-0.15, -0.1) is 0 Å². The standard InChI is InChI=1S/C20H16Cl2NO/c21-18-5-1-15(2-6-18)13-16-9-11-23(12-10-16)14-20(24)17-3-7-19(22)8-4-17/h1-12H,13-14H2/q+1. The van der Waals surface area contributed by atoms with Gasteiger partial charge in [0.2, 0.25) is 12.3 Å². The highest BCUT2D eigenvalue weighted by Gasteiger charge is 2.12. The number of carbonyl (C=O) groups excluding carboxylic acids is 1. The van der Waals surface area contributed by atoms with Crippen LogP contribution in [0.5, 0.6) is 0 Å². The van der Waals surface area contributed by atoms with Gasteiger partial charge in [-0.05, 0) is 53.9 Å².